The monoisotopic (exact) mass is 316 g/mol. The number of carbonyl (C=O) groups is 1. The van der Waals surface area contributed by atoms with Crippen LogP contribution in [0.5, 0.6) is 0 Å². The highest BCUT2D eigenvalue weighted by Gasteiger charge is 2.23. The number of nitrogens with one attached hydrogen (secondary N) is 1. The fourth-order valence-corrected chi connectivity index (χ4v) is 3.86. The zero-order valence-corrected chi connectivity index (χ0v) is 12.8. The molecule has 1 saturated heterocycles. The van der Waals surface area contributed by atoms with E-state index in [0.29, 0.717) is 18.0 Å². The molecule has 2 aromatic heterocycles. The Morgan fingerprint density at radius 2 is 2.32 bits per heavy atom. The fourth-order valence-electron chi connectivity index (χ4n) is 2.85. The fraction of sp³-hybridized carbons (Fsp3) is 0.400. The van der Waals surface area contributed by atoms with Crippen molar-refractivity contribution in [1.82, 2.24) is 15.3 Å². The lowest BCUT2D eigenvalue weighted by Crippen LogP contribution is -2.30. The van der Waals surface area contributed by atoms with Crippen molar-refractivity contribution in [1.29, 1.82) is 0 Å². The van der Waals surface area contributed by atoms with Crippen LogP contribution in [0.15, 0.2) is 18.3 Å². The Morgan fingerprint density at radius 1 is 1.41 bits per heavy atom. The average molecular weight is 316 g/mol. The lowest BCUT2D eigenvalue weighted by molar-refractivity contribution is 0.0950. The molecule has 1 fully saturated rings. The highest BCUT2D eigenvalue weighted by atomic mass is 32.1. The van der Waals surface area contributed by atoms with Gasteiger partial charge < -0.3 is 15.3 Å². The maximum atomic E-state index is 11.8. The molecule has 2 aromatic rings. The Hall–Kier alpha value is -1.99. The summed E-state index contributed by atoms with van der Waals surface area (Å²) in [5, 5.41) is 13.3. The van der Waals surface area contributed by atoms with E-state index in [9.17, 15) is 9.90 Å². The number of amides is 1. The molecule has 114 valence electrons. The van der Waals surface area contributed by atoms with Gasteiger partial charge >= 0.3 is 0 Å². The number of nitrogens with zero attached hydrogens (tertiary/aromatic N) is 3. The van der Waals surface area contributed by atoms with Crippen LogP contribution in [0.3, 0.4) is 0 Å². The summed E-state index contributed by atoms with van der Waals surface area (Å²) < 4.78 is 0. The van der Waals surface area contributed by atoms with Gasteiger partial charge in [0.1, 0.15) is 15.7 Å². The van der Waals surface area contributed by atoms with E-state index < -0.39 is 0 Å². The molecule has 0 radical (unpaired) electrons. The number of aromatic nitrogens is 2. The normalized spacial score (nSPS) is 20.9. The van der Waals surface area contributed by atoms with Crippen molar-refractivity contribution >= 4 is 23.1 Å². The van der Waals surface area contributed by atoms with E-state index in [2.05, 4.69) is 20.2 Å². The van der Waals surface area contributed by atoms with Gasteiger partial charge in [0.15, 0.2) is 0 Å². The largest absolute Gasteiger partial charge is 0.391 e. The third kappa shape index (κ3) is 2.36. The number of fused-ring (bicyclic) bond motifs is 1. The summed E-state index contributed by atoms with van der Waals surface area (Å²) in [5.74, 6) is 0.847. The smallest absolute Gasteiger partial charge is 0.263 e. The van der Waals surface area contributed by atoms with Crippen LogP contribution in [-0.2, 0) is 6.42 Å². The first-order valence-corrected chi connectivity index (χ1v) is 8.20. The Kier molecular flexibility index (Phi) is 3.31. The van der Waals surface area contributed by atoms with Gasteiger partial charge in [-0.15, -0.1) is 11.3 Å². The summed E-state index contributed by atoms with van der Waals surface area (Å²) in [6.07, 6.45) is 3.11. The van der Waals surface area contributed by atoms with Crippen LogP contribution in [0.2, 0.25) is 0 Å². The van der Waals surface area contributed by atoms with Crippen molar-refractivity contribution in [2.45, 2.75) is 18.9 Å². The third-order valence-electron chi connectivity index (χ3n) is 4.03. The van der Waals surface area contributed by atoms with Crippen LogP contribution in [-0.4, -0.2) is 46.7 Å². The van der Waals surface area contributed by atoms with E-state index >= 15 is 0 Å². The Morgan fingerprint density at radius 3 is 3.00 bits per heavy atom. The van der Waals surface area contributed by atoms with E-state index in [-0.39, 0.29) is 12.0 Å². The quantitative estimate of drug-likeness (QED) is 0.866. The SMILES string of the molecule is O=C1NCCc2nc(-c3ccc(N4CCC(O)C4)nc3)sc21. The summed E-state index contributed by atoms with van der Waals surface area (Å²) in [4.78, 5) is 23.6. The minimum absolute atomic E-state index is 0.0272. The molecule has 0 bridgehead atoms. The maximum absolute atomic E-state index is 11.8. The minimum atomic E-state index is -0.259. The average Bonchev–Trinajstić information content (AvgIpc) is 3.15. The van der Waals surface area contributed by atoms with Crippen LogP contribution in [0.25, 0.3) is 10.6 Å². The second-order valence-electron chi connectivity index (χ2n) is 5.59. The number of hydrogen-bond donors (Lipinski definition) is 2. The predicted octanol–water partition coefficient (Wildman–Crippen LogP) is 1.06. The molecule has 4 rings (SSSR count). The molecule has 2 N–H and O–H groups in total. The topological polar surface area (TPSA) is 78.4 Å². The van der Waals surface area contributed by atoms with Crippen LogP contribution in [0.1, 0.15) is 21.8 Å². The highest BCUT2D eigenvalue weighted by Crippen LogP contribution is 2.30. The van der Waals surface area contributed by atoms with Crippen molar-refractivity contribution in [3.8, 4) is 10.6 Å². The van der Waals surface area contributed by atoms with Gasteiger partial charge in [0.05, 0.1) is 11.8 Å². The van der Waals surface area contributed by atoms with Gasteiger partial charge in [-0.1, -0.05) is 0 Å². The van der Waals surface area contributed by atoms with Gasteiger partial charge in [-0.3, -0.25) is 4.79 Å². The van der Waals surface area contributed by atoms with E-state index in [1.807, 2.05) is 12.1 Å². The Balaban J connectivity index is 1.60. The van der Waals surface area contributed by atoms with Crippen molar-refractivity contribution in [3.05, 3.63) is 28.9 Å². The van der Waals surface area contributed by atoms with Gasteiger partial charge in [0, 0.05) is 37.8 Å². The van der Waals surface area contributed by atoms with Crippen LogP contribution < -0.4 is 10.2 Å². The number of aliphatic hydroxyl groups excluding tert-OH is 1. The van der Waals surface area contributed by atoms with Crippen molar-refractivity contribution < 1.29 is 9.90 Å². The summed E-state index contributed by atoms with van der Waals surface area (Å²) in [6.45, 7) is 2.13. The number of aliphatic hydroxyl groups is 1. The van der Waals surface area contributed by atoms with E-state index in [4.69, 9.17) is 0 Å². The number of thiazole rings is 1. The maximum Gasteiger partial charge on any atom is 0.263 e. The van der Waals surface area contributed by atoms with Crippen molar-refractivity contribution in [2.75, 3.05) is 24.5 Å². The van der Waals surface area contributed by atoms with Gasteiger partial charge in [0.25, 0.3) is 5.91 Å². The summed E-state index contributed by atoms with van der Waals surface area (Å²) in [7, 11) is 0. The first kappa shape index (κ1) is 13.7. The second kappa shape index (κ2) is 5.33. The van der Waals surface area contributed by atoms with Crippen LogP contribution >= 0.6 is 11.3 Å². The summed E-state index contributed by atoms with van der Waals surface area (Å²) in [6, 6.07) is 3.93. The molecule has 0 aromatic carbocycles. The number of pyridine rings is 1. The number of rotatable bonds is 2. The minimum Gasteiger partial charge on any atom is -0.391 e. The summed E-state index contributed by atoms with van der Waals surface area (Å²) in [5.41, 5.74) is 1.81. The molecule has 1 atom stereocenters. The van der Waals surface area contributed by atoms with E-state index in [1.54, 1.807) is 6.20 Å². The lowest BCUT2D eigenvalue weighted by atomic mass is 10.2. The molecular weight excluding hydrogens is 300 g/mol. The summed E-state index contributed by atoms with van der Waals surface area (Å²) >= 11 is 1.42. The van der Waals surface area contributed by atoms with E-state index in [1.165, 1.54) is 11.3 Å². The first-order chi connectivity index (χ1) is 10.7. The molecule has 2 aliphatic rings. The van der Waals surface area contributed by atoms with Crippen LogP contribution in [0, 0.1) is 0 Å². The van der Waals surface area contributed by atoms with E-state index in [0.717, 1.165) is 41.5 Å². The number of β-amino-alcohol motifs (C(OH)–C–C–N with tert-alkyl or cyclic N) is 1. The highest BCUT2D eigenvalue weighted by molar-refractivity contribution is 7.17. The van der Waals surface area contributed by atoms with Gasteiger partial charge in [0.2, 0.25) is 0 Å². The number of hydrogen-bond acceptors (Lipinski definition) is 6. The zero-order valence-electron chi connectivity index (χ0n) is 12.0. The molecule has 1 amide bonds. The standard InChI is InChI=1S/C15H16N4O2S/c20-10-4-6-19(8-10)12-2-1-9(7-17-12)15-18-11-3-5-16-14(21)13(11)22-15/h1-2,7,10,20H,3-6,8H2,(H,16,21). The Bertz CT molecular complexity index is 713. The Labute approximate surface area is 131 Å². The third-order valence-corrected chi connectivity index (χ3v) is 5.18. The number of anilines is 1. The molecule has 7 heteroatoms. The molecular formula is C15H16N4O2S. The molecule has 0 saturated carbocycles. The molecule has 0 aliphatic carbocycles. The first-order valence-electron chi connectivity index (χ1n) is 7.38. The molecule has 1 unspecified atom stereocenters. The van der Waals surface area contributed by atoms with Gasteiger partial charge in [-0.05, 0) is 18.6 Å². The zero-order chi connectivity index (χ0) is 15.1. The van der Waals surface area contributed by atoms with Crippen LogP contribution in [0.4, 0.5) is 5.82 Å². The van der Waals surface area contributed by atoms with Gasteiger partial charge in [-0.2, -0.15) is 0 Å². The predicted molar refractivity (Wildman–Crippen MR) is 84.2 cm³/mol. The second-order valence-corrected chi connectivity index (χ2v) is 6.59. The molecule has 6 nitrogen and oxygen atoms in total. The molecule has 4 heterocycles. The molecule has 0 spiro atoms. The van der Waals surface area contributed by atoms with Crippen molar-refractivity contribution in [3.63, 3.8) is 0 Å². The lowest BCUT2D eigenvalue weighted by Gasteiger charge is -2.16. The molecule has 22 heavy (non-hydrogen) atoms. The van der Waals surface area contributed by atoms with Gasteiger partial charge in [-0.25, -0.2) is 9.97 Å². The molecule has 2 aliphatic heterocycles. The van der Waals surface area contributed by atoms with Crippen molar-refractivity contribution in [2.24, 2.45) is 0 Å². The number of carbonyl (C=O) groups excluding carboxylic acids is 1.